The van der Waals surface area contributed by atoms with Gasteiger partial charge in [0, 0.05) is 5.56 Å². The largest absolute Gasteiger partial charge is 0.438 e. The van der Waals surface area contributed by atoms with Gasteiger partial charge in [0.25, 0.3) is 0 Å². The Labute approximate surface area is 118 Å². The van der Waals surface area contributed by atoms with Gasteiger partial charge in [-0.3, -0.25) is 4.79 Å². The summed E-state index contributed by atoms with van der Waals surface area (Å²) in [6.07, 6.45) is 1.65. The van der Waals surface area contributed by atoms with Crippen LogP contribution in [0.2, 0.25) is 0 Å². The predicted molar refractivity (Wildman–Crippen MR) is 76.8 cm³/mol. The second-order valence-corrected chi connectivity index (χ2v) is 5.35. The van der Waals surface area contributed by atoms with Gasteiger partial charge < -0.3 is 15.5 Å². The van der Waals surface area contributed by atoms with Gasteiger partial charge in [0.15, 0.2) is 5.76 Å². The van der Waals surface area contributed by atoms with Gasteiger partial charge in [0.05, 0.1) is 11.7 Å². The highest BCUT2D eigenvalue weighted by Crippen LogP contribution is 2.22. The van der Waals surface area contributed by atoms with E-state index < -0.39 is 5.54 Å². The first-order valence-electron chi connectivity index (χ1n) is 6.49. The maximum atomic E-state index is 11.8. The van der Waals surface area contributed by atoms with Crippen LogP contribution in [0.15, 0.2) is 40.9 Å². The monoisotopic (exact) mass is 273 g/mol. The summed E-state index contributed by atoms with van der Waals surface area (Å²) in [4.78, 5) is 16.0. The average Bonchev–Trinajstić information content (AvgIpc) is 2.88. The second kappa shape index (κ2) is 5.46. The lowest BCUT2D eigenvalue weighted by molar-refractivity contribution is -0.126. The molecule has 0 aliphatic rings. The number of nitrogens with zero attached hydrogens (tertiary/aromatic N) is 1. The molecule has 1 heterocycles. The van der Waals surface area contributed by atoms with E-state index in [1.54, 1.807) is 20.0 Å². The third-order valence-corrected chi connectivity index (χ3v) is 2.89. The smallest absolute Gasteiger partial charge is 0.240 e. The van der Waals surface area contributed by atoms with Crippen molar-refractivity contribution >= 4 is 5.91 Å². The summed E-state index contributed by atoms with van der Waals surface area (Å²) in [6.45, 7) is 5.12. The fraction of sp³-hybridized carbons (Fsp3) is 0.333. The van der Waals surface area contributed by atoms with E-state index in [4.69, 9.17) is 10.2 Å². The molecule has 20 heavy (non-hydrogen) atoms. The first kappa shape index (κ1) is 14.3. The molecule has 5 nitrogen and oxygen atoms in total. The van der Waals surface area contributed by atoms with Crippen LogP contribution >= 0.6 is 0 Å². The Bertz CT molecular complexity index is 585. The fourth-order valence-electron chi connectivity index (χ4n) is 1.67. The molecule has 0 spiro atoms. The Morgan fingerprint density at radius 3 is 2.60 bits per heavy atom. The van der Waals surface area contributed by atoms with E-state index in [2.05, 4.69) is 10.3 Å². The fourth-order valence-corrected chi connectivity index (χ4v) is 1.67. The van der Waals surface area contributed by atoms with E-state index in [-0.39, 0.29) is 11.9 Å². The molecule has 1 aromatic heterocycles. The Morgan fingerprint density at radius 2 is 2.00 bits per heavy atom. The summed E-state index contributed by atoms with van der Waals surface area (Å²) < 4.78 is 5.68. The third kappa shape index (κ3) is 3.24. The van der Waals surface area contributed by atoms with E-state index in [0.717, 1.165) is 5.56 Å². The molecule has 0 saturated heterocycles. The molecule has 5 heteroatoms. The summed E-state index contributed by atoms with van der Waals surface area (Å²) in [5.74, 6) is 0.889. The van der Waals surface area contributed by atoms with Gasteiger partial charge in [-0.15, -0.1) is 0 Å². The van der Waals surface area contributed by atoms with Crippen molar-refractivity contribution in [3.63, 3.8) is 0 Å². The Kier molecular flexibility index (Phi) is 3.90. The van der Waals surface area contributed by atoms with Crippen LogP contribution in [0.1, 0.15) is 32.7 Å². The highest BCUT2D eigenvalue weighted by molar-refractivity contribution is 5.85. The van der Waals surface area contributed by atoms with Crippen molar-refractivity contribution in [2.75, 3.05) is 0 Å². The van der Waals surface area contributed by atoms with Gasteiger partial charge in [-0.25, -0.2) is 4.98 Å². The summed E-state index contributed by atoms with van der Waals surface area (Å²) in [5.41, 5.74) is 5.76. The van der Waals surface area contributed by atoms with Crippen LogP contribution in [-0.4, -0.2) is 16.4 Å². The van der Waals surface area contributed by atoms with Gasteiger partial charge >= 0.3 is 0 Å². The van der Waals surface area contributed by atoms with Crippen LogP contribution < -0.4 is 11.1 Å². The lowest BCUT2D eigenvalue weighted by Gasteiger charge is -2.20. The van der Waals surface area contributed by atoms with E-state index >= 15 is 0 Å². The van der Waals surface area contributed by atoms with Crippen molar-refractivity contribution in [2.24, 2.45) is 5.73 Å². The van der Waals surface area contributed by atoms with Crippen molar-refractivity contribution < 1.29 is 9.21 Å². The van der Waals surface area contributed by atoms with Crippen molar-refractivity contribution in [3.8, 4) is 11.3 Å². The number of rotatable bonds is 4. The molecule has 2 aromatic rings. The van der Waals surface area contributed by atoms with Crippen molar-refractivity contribution in [3.05, 3.63) is 42.4 Å². The summed E-state index contributed by atoms with van der Waals surface area (Å²) in [5, 5.41) is 2.78. The zero-order valence-corrected chi connectivity index (χ0v) is 11.9. The van der Waals surface area contributed by atoms with Gasteiger partial charge in [0.1, 0.15) is 6.04 Å². The molecular formula is C15H19N3O2. The molecule has 1 amide bonds. The molecule has 0 fully saturated rings. The van der Waals surface area contributed by atoms with E-state index in [0.29, 0.717) is 11.7 Å². The minimum Gasteiger partial charge on any atom is -0.438 e. The summed E-state index contributed by atoms with van der Waals surface area (Å²) in [7, 11) is 0. The molecular weight excluding hydrogens is 254 g/mol. The number of benzene rings is 1. The van der Waals surface area contributed by atoms with Gasteiger partial charge in [0.2, 0.25) is 11.8 Å². The summed E-state index contributed by atoms with van der Waals surface area (Å²) >= 11 is 0. The number of oxazole rings is 1. The van der Waals surface area contributed by atoms with Gasteiger partial charge in [-0.05, 0) is 20.8 Å². The highest BCUT2D eigenvalue weighted by atomic mass is 16.4. The number of nitrogens with one attached hydrogen (secondary N) is 1. The number of aromatic nitrogens is 1. The van der Waals surface area contributed by atoms with Crippen LogP contribution in [0, 0.1) is 0 Å². The van der Waals surface area contributed by atoms with Crippen molar-refractivity contribution in [1.82, 2.24) is 10.3 Å². The number of hydrogen-bond acceptors (Lipinski definition) is 4. The SMILES string of the molecule is CC(NC(=O)C(C)(C)N)c1ncc(-c2ccccc2)o1. The first-order valence-corrected chi connectivity index (χ1v) is 6.49. The Balaban J connectivity index is 2.11. The molecule has 1 atom stereocenters. The van der Waals surface area contributed by atoms with Crippen LogP contribution in [0.3, 0.4) is 0 Å². The van der Waals surface area contributed by atoms with Crippen molar-refractivity contribution in [2.45, 2.75) is 32.4 Å². The van der Waals surface area contributed by atoms with Crippen LogP contribution in [-0.2, 0) is 4.79 Å². The molecule has 0 aliphatic carbocycles. The number of hydrogen-bond donors (Lipinski definition) is 2. The maximum Gasteiger partial charge on any atom is 0.240 e. The Hall–Kier alpha value is -2.14. The van der Waals surface area contributed by atoms with Crippen LogP contribution in [0.25, 0.3) is 11.3 Å². The molecule has 0 saturated carbocycles. The lowest BCUT2D eigenvalue weighted by Crippen LogP contribution is -2.49. The van der Waals surface area contributed by atoms with Crippen molar-refractivity contribution in [1.29, 1.82) is 0 Å². The average molecular weight is 273 g/mol. The van der Waals surface area contributed by atoms with E-state index in [1.165, 1.54) is 0 Å². The number of carbonyl (C=O) groups excluding carboxylic acids is 1. The molecule has 0 radical (unpaired) electrons. The molecule has 1 aromatic carbocycles. The number of amides is 1. The zero-order chi connectivity index (χ0) is 14.8. The topological polar surface area (TPSA) is 81.2 Å². The van der Waals surface area contributed by atoms with Gasteiger partial charge in [-0.1, -0.05) is 30.3 Å². The Morgan fingerprint density at radius 1 is 1.35 bits per heavy atom. The van der Waals surface area contributed by atoms with E-state index in [9.17, 15) is 4.79 Å². The molecule has 106 valence electrons. The maximum absolute atomic E-state index is 11.8. The van der Waals surface area contributed by atoms with E-state index in [1.807, 2.05) is 37.3 Å². The highest BCUT2D eigenvalue weighted by Gasteiger charge is 2.25. The van der Waals surface area contributed by atoms with Crippen LogP contribution in [0.5, 0.6) is 0 Å². The molecule has 0 bridgehead atoms. The summed E-state index contributed by atoms with van der Waals surface area (Å²) in [6, 6.07) is 9.35. The van der Waals surface area contributed by atoms with Gasteiger partial charge in [-0.2, -0.15) is 0 Å². The molecule has 1 unspecified atom stereocenters. The standard InChI is InChI=1S/C15H19N3O2/c1-10(18-14(19)15(2,3)16)13-17-9-12(20-13)11-7-5-4-6-8-11/h4-10H,16H2,1-3H3,(H,18,19). The second-order valence-electron chi connectivity index (χ2n) is 5.35. The number of carbonyl (C=O) groups is 1. The minimum atomic E-state index is -0.927. The third-order valence-electron chi connectivity index (χ3n) is 2.89. The molecule has 0 aliphatic heterocycles. The zero-order valence-electron chi connectivity index (χ0n) is 11.9. The first-order chi connectivity index (χ1) is 9.38. The van der Waals surface area contributed by atoms with Crippen LogP contribution in [0.4, 0.5) is 0 Å². The number of nitrogens with two attached hydrogens (primary N) is 1. The quantitative estimate of drug-likeness (QED) is 0.895. The molecule has 3 N–H and O–H groups in total. The normalized spacial score (nSPS) is 13.0. The lowest BCUT2D eigenvalue weighted by atomic mass is 10.1. The predicted octanol–water partition coefficient (Wildman–Crippen LogP) is 2.26. The minimum absolute atomic E-state index is 0.246. The molecule has 2 rings (SSSR count).